The molecule has 1 saturated heterocycles. The third-order valence-corrected chi connectivity index (χ3v) is 8.71. The van der Waals surface area contributed by atoms with Crippen LogP contribution in [0.25, 0.3) is 0 Å². The van der Waals surface area contributed by atoms with Gasteiger partial charge in [-0.05, 0) is 56.8 Å². The number of anilines is 1. The largest absolute Gasteiger partial charge is 0.381 e. The molecular formula is C30H32B7FN4O4. The molecule has 2 amide bonds. The topological polar surface area (TPSA) is 91.0 Å². The zero-order valence-corrected chi connectivity index (χ0v) is 26.8. The standard InChI is InChI=1S/C30H32B7FN4O4/c1-25(2)14-41(15-26(3,4)46-25)29(34,35)18-9-10-21(38)17(11-18)12-40-22-8-6-7-19-20(22)13-42(23(19)44)28(33,24(45)39-5)30(36,37)27(31,32)16-43/h6-11,16,40H,12-15H2,1-5H3,(H,39,45). The summed E-state index contributed by atoms with van der Waals surface area (Å²) in [7, 11) is 45.2. The fourth-order valence-electron chi connectivity index (χ4n) is 6.32. The Morgan fingerprint density at radius 1 is 1.02 bits per heavy atom. The molecule has 14 radical (unpaired) electrons. The maximum atomic E-state index is 15.1. The van der Waals surface area contributed by atoms with Crippen molar-refractivity contribution < 1.29 is 23.5 Å². The zero-order chi connectivity index (χ0) is 34.7. The molecule has 2 heterocycles. The number of carbonyl (C=O) groups is 3. The lowest BCUT2D eigenvalue weighted by molar-refractivity contribution is -0.186. The average Bonchev–Trinajstić information content (AvgIpc) is 3.31. The van der Waals surface area contributed by atoms with Gasteiger partial charge in [0.05, 0.1) is 63.7 Å². The van der Waals surface area contributed by atoms with Gasteiger partial charge in [0.15, 0.2) is 0 Å². The molecule has 2 N–H and O–H groups in total. The first-order valence-electron chi connectivity index (χ1n) is 14.7. The van der Waals surface area contributed by atoms with Crippen molar-refractivity contribution in [3.05, 3.63) is 64.5 Å². The van der Waals surface area contributed by atoms with Gasteiger partial charge < -0.3 is 30.0 Å². The summed E-state index contributed by atoms with van der Waals surface area (Å²) in [5, 5.41) is -1.10. The van der Waals surface area contributed by atoms with Crippen molar-refractivity contribution in [3.63, 3.8) is 0 Å². The van der Waals surface area contributed by atoms with Gasteiger partial charge in [0.2, 0.25) is 5.91 Å². The molecule has 2 aromatic carbocycles. The number of nitrogens with zero attached hydrogens (tertiary/aromatic N) is 2. The molecule has 0 spiro atoms. The van der Waals surface area contributed by atoms with E-state index < -0.39 is 50.0 Å². The first-order valence-corrected chi connectivity index (χ1v) is 14.7. The van der Waals surface area contributed by atoms with Crippen molar-refractivity contribution in [1.82, 2.24) is 15.1 Å². The SMILES string of the molecule is [B]C([B])(c1ccc(F)c(CNc2cccc3c2CN(C([B])(C(=O)NC)C([B])([B])C([B])([B])C=O)C3=O)c1)N1CC(C)(C)OC(C)(C)C1. The van der Waals surface area contributed by atoms with Crippen LogP contribution in [0.5, 0.6) is 0 Å². The number of amides is 2. The fraction of sp³-hybridized carbons (Fsp3) is 0.500. The second-order valence-electron chi connectivity index (χ2n) is 13.5. The van der Waals surface area contributed by atoms with Crippen LogP contribution < -0.4 is 10.6 Å². The number of carbonyl (C=O) groups excluding carboxylic acids is 3. The van der Waals surface area contributed by atoms with E-state index in [1.807, 2.05) is 32.6 Å². The number of fused-ring (bicyclic) bond motifs is 1. The summed E-state index contributed by atoms with van der Waals surface area (Å²) in [5.41, 5.74) is -1.87. The molecule has 2 aliphatic heterocycles. The molecule has 0 aliphatic carbocycles. The molecule has 0 saturated carbocycles. The minimum absolute atomic E-state index is 0.0265. The van der Waals surface area contributed by atoms with E-state index in [1.165, 1.54) is 19.2 Å². The number of hydrogen-bond donors (Lipinski definition) is 2. The lowest BCUT2D eigenvalue weighted by Crippen LogP contribution is -2.69. The molecule has 2 aliphatic rings. The van der Waals surface area contributed by atoms with Crippen molar-refractivity contribution in [2.75, 3.05) is 25.5 Å². The highest BCUT2D eigenvalue weighted by molar-refractivity contribution is 6.63. The van der Waals surface area contributed by atoms with Gasteiger partial charge in [-0.3, -0.25) is 9.59 Å². The normalized spacial score (nSPS) is 19.6. The first-order chi connectivity index (χ1) is 21.0. The highest BCUT2D eigenvalue weighted by Crippen LogP contribution is 2.52. The fourth-order valence-corrected chi connectivity index (χ4v) is 6.32. The predicted octanol–water partition coefficient (Wildman–Crippen LogP) is 0.446. The van der Waals surface area contributed by atoms with Crippen LogP contribution in [-0.4, -0.2) is 120 Å². The number of hydrogen-bond acceptors (Lipinski definition) is 6. The third kappa shape index (κ3) is 6.12. The molecule has 1 unspecified atom stereocenters. The van der Waals surface area contributed by atoms with Crippen LogP contribution in [0, 0.1) is 5.82 Å². The number of rotatable bonds is 10. The molecular weight excluding hydrogens is 575 g/mol. The molecule has 16 heteroatoms. The van der Waals surface area contributed by atoms with Crippen LogP contribution in [-0.2, 0) is 32.8 Å². The van der Waals surface area contributed by atoms with Crippen molar-refractivity contribution >= 4 is 78.7 Å². The summed E-state index contributed by atoms with van der Waals surface area (Å²) in [5.74, 6) is -2.23. The number of morpholine rings is 1. The van der Waals surface area contributed by atoms with Gasteiger partial charge in [0, 0.05) is 55.6 Å². The molecule has 8 nitrogen and oxygen atoms in total. The molecule has 2 aromatic rings. The van der Waals surface area contributed by atoms with E-state index >= 15 is 4.39 Å². The second kappa shape index (κ2) is 12.0. The number of nitrogens with one attached hydrogen (secondary N) is 2. The predicted molar refractivity (Wildman–Crippen MR) is 181 cm³/mol. The van der Waals surface area contributed by atoms with Crippen LogP contribution >= 0.6 is 0 Å². The highest BCUT2D eigenvalue weighted by atomic mass is 19.1. The highest BCUT2D eigenvalue weighted by Gasteiger charge is 2.58. The Kier molecular flexibility index (Phi) is 9.39. The minimum Gasteiger partial charge on any atom is -0.381 e. The van der Waals surface area contributed by atoms with Gasteiger partial charge in [-0.15, -0.1) is 0 Å². The summed E-state index contributed by atoms with van der Waals surface area (Å²) in [4.78, 5) is 41.3. The minimum atomic E-state index is -2.63. The van der Waals surface area contributed by atoms with Crippen molar-refractivity contribution in [1.29, 1.82) is 0 Å². The van der Waals surface area contributed by atoms with Crippen LogP contribution in [0.1, 0.15) is 54.7 Å². The van der Waals surface area contributed by atoms with Crippen molar-refractivity contribution in [2.24, 2.45) is 0 Å². The lowest BCUT2D eigenvalue weighted by atomic mass is 9.23. The first kappa shape index (κ1) is 36.0. The molecule has 0 bridgehead atoms. The van der Waals surface area contributed by atoms with E-state index in [2.05, 4.69) is 10.6 Å². The number of aldehydes is 1. The van der Waals surface area contributed by atoms with Crippen LogP contribution in [0.2, 0.25) is 10.4 Å². The molecule has 46 heavy (non-hydrogen) atoms. The van der Waals surface area contributed by atoms with Gasteiger partial charge >= 0.3 is 0 Å². The van der Waals surface area contributed by atoms with E-state index in [9.17, 15) is 14.4 Å². The van der Waals surface area contributed by atoms with Gasteiger partial charge in [-0.2, -0.15) is 0 Å². The second-order valence-corrected chi connectivity index (χ2v) is 13.5. The molecule has 1 atom stereocenters. The van der Waals surface area contributed by atoms with Crippen molar-refractivity contribution in [3.8, 4) is 0 Å². The van der Waals surface area contributed by atoms with E-state index in [-0.39, 0.29) is 30.5 Å². The quantitative estimate of drug-likeness (QED) is 0.302. The third-order valence-electron chi connectivity index (χ3n) is 8.71. The Hall–Kier alpha value is -2.85. The lowest BCUT2D eigenvalue weighted by Gasteiger charge is -2.56. The van der Waals surface area contributed by atoms with E-state index in [1.54, 1.807) is 24.3 Å². The Balaban J connectivity index is 1.64. The zero-order valence-electron chi connectivity index (χ0n) is 26.8. The van der Waals surface area contributed by atoms with Gasteiger partial charge in [0.1, 0.15) is 19.9 Å². The Morgan fingerprint density at radius 2 is 1.63 bits per heavy atom. The van der Waals surface area contributed by atoms with E-state index in [0.29, 0.717) is 29.9 Å². The number of ether oxygens (including phenoxy) is 1. The van der Waals surface area contributed by atoms with Crippen molar-refractivity contribution in [2.45, 2.75) is 73.2 Å². The van der Waals surface area contributed by atoms with Gasteiger partial charge in [0.25, 0.3) is 5.91 Å². The summed E-state index contributed by atoms with van der Waals surface area (Å²) in [6, 6.07) is 9.22. The number of likely N-dealkylation sites (N-methyl/N-ethyl adjacent to an activating group) is 1. The van der Waals surface area contributed by atoms with Crippen LogP contribution in [0.3, 0.4) is 0 Å². The maximum Gasteiger partial charge on any atom is 0.254 e. The summed E-state index contributed by atoms with van der Waals surface area (Å²) >= 11 is 0. The molecule has 224 valence electrons. The van der Waals surface area contributed by atoms with E-state index in [0.717, 1.165) is 4.90 Å². The maximum absolute atomic E-state index is 15.1. The molecule has 4 rings (SSSR count). The van der Waals surface area contributed by atoms with Gasteiger partial charge in [-0.25, -0.2) is 4.39 Å². The molecule has 1 fully saturated rings. The summed E-state index contributed by atoms with van der Waals surface area (Å²) in [6.07, 6.45) is 0.0546. The smallest absolute Gasteiger partial charge is 0.254 e. The van der Waals surface area contributed by atoms with Crippen LogP contribution in [0.15, 0.2) is 36.4 Å². The Bertz CT molecular complexity index is 1540. The van der Waals surface area contributed by atoms with Gasteiger partial charge in [-0.1, -0.05) is 28.6 Å². The monoisotopic (exact) mass is 608 g/mol. The summed E-state index contributed by atoms with van der Waals surface area (Å²) in [6.45, 7) is 8.42. The van der Waals surface area contributed by atoms with Crippen LogP contribution in [0.4, 0.5) is 10.1 Å². The van der Waals surface area contributed by atoms with E-state index in [4.69, 9.17) is 59.7 Å². The number of benzene rings is 2. The summed E-state index contributed by atoms with van der Waals surface area (Å²) < 4.78 is 21.3. The Labute approximate surface area is 279 Å². The number of halogens is 1. The average molecular weight is 607 g/mol. The molecule has 0 aromatic heterocycles. The Morgan fingerprint density at radius 3 is 2.20 bits per heavy atom.